The number of carbonyl (C=O) groups excluding carboxylic acids is 1. The number of nitro benzene ring substituents is 1. The normalized spacial score (nSPS) is 17.7. The van der Waals surface area contributed by atoms with Gasteiger partial charge in [0.15, 0.2) is 0 Å². The number of rotatable bonds is 5. The van der Waals surface area contributed by atoms with Crippen LogP contribution in [0, 0.1) is 21.8 Å². The molecule has 0 aliphatic carbocycles. The Morgan fingerprint density at radius 3 is 2.86 bits per heavy atom. The van der Waals surface area contributed by atoms with Gasteiger partial charge in [-0.25, -0.2) is 0 Å². The molecule has 1 amide bonds. The van der Waals surface area contributed by atoms with E-state index < -0.39 is 16.4 Å². The second-order valence-electron chi connectivity index (χ2n) is 5.00. The Kier molecular flexibility index (Phi) is 4.85. The maximum absolute atomic E-state index is 13.6. The van der Waals surface area contributed by atoms with Crippen molar-refractivity contribution >= 4 is 11.6 Å². The van der Waals surface area contributed by atoms with Gasteiger partial charge in [-0.1, -0.05) is 0 Å². The number of carbonyl (C=O) groups is 1. The number of hydrogen-bond donors (Lipinski definition) is 0. The topological polar surface area (TPSA) is 72.7 Å². The van der Waals surface area contributed by atoms with Crippen LogP contribution >= 0.6 is 0 Å². The smallest absolute Gasteiger partial charge is 0.304 e. The van der Waals surface area contributed by atoms with Crippen LogP contribution < -0.4 is 0 Å². The molecule has 1 saturated heterocycles. The monoisotopic (exact) mass is 296 g/mol. The first kappa shape index (κ1) is 15.4. The van der Waals surface area contributed by atoms with Gasteiger partial charge < -0.3 is 9.64 Å². The minimum absolute atomic E-state index is 0.124. The van der Waals surface area contributed by atoms with Crippen molar-refractivity contribution in [2.24, 2.45) is 5.92 Å². The first-order chi connectivity index (χ1) is 10.0. The van der Waals surface area contributed by atoms with Gasteiger partial charge in [-0.2, -0.15) is 4.39 Å². The first-order valence-electron chi connectivity index (χ1n) is 6.84. The molecule has 114 valence electrons. The molecule has 1 fully saturated rings. The highest BCUT2D eigenvalue weighted by Crippen LogP contribution is 2.20. The van der Waals surface area contributed by atoms with Crippen LogP contribution in [0.1, 0.15) is 23.7 Å². The van der Waals surface area contributed by atoms with E-state index in [4.69, 9.17) is 4.74 Å². The molecule has 1 heterocycles. The number of benzene rings is 1. The molecule has 1 unspecified atom stereocenters. The minimum Gasteiger partial charge on any atom is -0.381 e. The number of amides is 1. The largest absolute Gasteiger partial charge is 0.381 e. The van der Waals surface area contributed by atoms with Crippen molar-refractivity contribution in [2.75, 3.05) is 26.3 Å². The van der Waals surface area contributed by atoms with E-state index in [0.29, 0.717) is 26.3 Å². The third-order valence-electron chi connectivity index (χ3n) is 3.56. The van der Waals surface area contributed by atoms with Crippen LogP contribution in [0.25, 0.3) is 0 Å². The average molecular weight is 296 g/mol. The Balaban J connectivity index is 2.13. The van der Waals surface area contributed by atoms with Gasteiger partial charge in [0, 0.05) is 37.2 Å². The molecular weight excluding hydrogens is 279 g/mol. The Labute approximate surface area is 121 Å². The molecule has 1 atom stereocenters. The molecule has 1 aliphatic rings. The Bertz CT molecular complexity index is 544. The zero-order chi connectivity index (χ0) is 15.4. The highest BCUT2D eigenvalue weighted by atomic mass is 19.1. The summed E-state index contributed by atoms with van der Waals surface area (Å²) in [5, 5.41) is 10.6. The van der Waals surface area contributed by atoms with Gasteiger partial charge in [-0.05, 0) is 25.5 Å². The van der Waals surface area contributed by atoms with Crippen LogP contribution in [0.3, 0.4) is 0 Å². The highest BCUT2D eigenvalue weighted by molar-refractivity contribution is 5.94. The second kappa shape index (κ2) is 6.62. The van der Waals surface area contributed by atoms with Gasteiger partial charge in [0.2, 0.25) is 5.82 Å². The van der Waals surface area contributed by atoms with E-state index >= 15 is 0 Å². The second-order valence-corrected chi connectivity index (χ2v) is 5.00. The van der Waals surface area contributed by atoms with E-state index in [1.807, 2.05) is 6.92 Å². The van der Waals surface area contributed by atoms with Crippen LogP contribution in [-0.4, -0.2) is 42.0 Å². The zero-order valence-electron chi connectivity index (χ0n) is 11.8. The molecule has 2 rings (SSSR count). The van der Waals surface area contributed by atoms with Crippen LogP contribution in [0.5, 0.6) is 0 Å². The number of ether oxygens (including phenoxy) is 1. The summed E-state index contributed by atoms with van der Waals surface area (Å²) >= 11 is 0. The van der Waals surface area contributed by atoms with E-state index in [9.17, 15) is 19.3 Å². The van der Waals surface area contributed by atoms with Gasteiger partial charge in [0.1, 0.15) is 0 Å². The van der Waals surface area contributed by atoms with E-state index in [0.717, 1.165) is 18.6 Å². The fourth-order valence-corrected chi connectivity index (χ4v) is 2.37. The van der Waals surface area contributed by atoms with Gasteiger partial charge in [0.25, 0.3) is 5.91 Å². The van der Waals surface area contributed by atoms with E-state index in [1.165, 1.54) is 6.07 Å². The molecule has 0 N–H and O–H groups in total. The summed E-state index contributed by atoms with van der Waals surface area (Å²) in [6, 6.07) is 3.24. The quantitative estimate of drug-likeness (QED) is 0.617. The lowest BCUT2D eigenvalue weighted by Gasteiger charge is -2.23. The number of nitrogens with zero attached hydrogens (tertiary/aromatic N) is 2. The average Bonchev–Trinajstić information content (AvgIpc) is 2.96. The fourth-order valence-electron chi connectivity index (χ4n) is 2.37. The summed E-state index contributed by atoms with van der Waals surface area (Å²) < 4.78 is 18.9. The SMILES string of the molecule is CCN(CC1CCOC1)C(=O)c1ccc([N+](=O)[O-])c(F)c1. The molecular formula is C14H17FN2O4. The molecule has 1 aliphatic heterocycles. The molecule has 7 heteroatoms. The van der Waals surface area contributed by atoms with Crippen molar-refractivity contribution < 1.29 is 18.8 Å². The molecule has 6 nitrogen and oxygen atoms in total. The van der Waals surface area contributed by atoms with Gasteiger partial charge in [-0.3, -0.25) is 14.9 Å². The lowest BCUT2D eigenvalue weighted by Crippen LogP contribution is -2.35. The molecule has 1 aromatic carbocycles. The van der Waals surface area contributed by atoms with Crippen LogP contribution in [-0.2, 0) is 4.74 Å². The van der Waals surface area contributed by atoms with E-state index in [1.54, 1.807) is 4.90 Å². The third kappa shape index (κ3) is 3.55. The van der Waals surface area contributed by atoms with Gasteiger partial charge in [-0.15, -0.1) is 0 Å². The first-order valence-corrected chi connectivity index (χ1v) is 6.84. The fraction of sp³-hybridized carbons (Fsp3) is 0.500. The summed E-state index contributed by atoms with van der Waals surface area (Å²) in [6.45, 7) is 4.21. The maximum Gasteiger partial charge on any atom is 0.304 e. The predicted molar refractivity (Wildman–Crippen MR) is 73.6 cm³/mol. The van der Waals surface area contributed by atoms with Crippen LogP contribution in [0.4, 0.5) is 10.1 Å². The number of halogens is 1. The van der Waals surface area contributed by atoms with Crippen molar-refractivity contribution in [3.8, 4) is 0 Å². The summed E-state index contributed by atoms with van der Waals surface area (Å²) in [4.78, 5) is 23.7. The van der Waals surface area contributed by atoms with E-state index in [-0.39, 0.29) is 17.4 Å². The Morgan fingerprint density at radius 2 is 2.33 bits per heavy atom. The lowest BCUT2D eigenvalue weighted by molar-refractivity contribution is -0.387. The summed E-state index contributed by atoms with van der Waals surface area (Å²) in [5.74, 6) is -1.03. The van der Waals surface area contributed by atoms with Crippen molar-refractivity contribution in [3.05, 3.63) is 39.7 Å². The molecule has 0 bridgehead atoms. The summed E-state index contributed by atoms with van der Waals surface area (Å²) in [5.41, 5.74) is -0.502. The van der Waals surface area contributed by atoms with Crippen LogP contribution in [0.2, 0.25) is 0 Å². The van der Waals surface area contributed by atoms with Gasteiger partial charge >= 0.3 is 5.69 Å². The molecule has 0 saturated carbocycles. The van der Waals surface area contributed by atoms with Crippen LogP contribution in [0.15, 0.2) is 18.2 Å². The third-order valence-corrected chi connectivity index (χ3v) is 3.56. The molecule has 1 aromatic rings. The Morgan fingerprint density at radius 1 is 1.57 bits per heavy atom. The zero-order valence-corrected chi connectivity index (χ0v) is 11.8. The van der Waals surface area contributed by atoms with Gasteiger partial charge in [0.05, 0.1) is 11.5 Å². The maximum atomic E-state index is 13.6. The number of hydrogen-bond acceptors (Lipinski definition) is 4. The summed E-state index contributed by atoms with van der Waals surface area (Å²) in [7, 11) is 0. The predicted octanol–water partition coefficient (Wildman–Crippen LogP) is 2.23. The summed E-state index contributed by atoms with van der Waals surface area (Å²) in [6.07, 6.45) is 0.901. The van der Waals surface area contributed by atoms with E-state index in [2.05, 4.69) is 0 Å². The lowest BCUT2D eigenvalue weighted by atomic mass is 10.1. The Hall–Kier alpha value is -2.02. The molecule has 0 aromatic heterocycles. The standard InChI is InChI=1S/C14H17FN2O4/c1-2-16(8-10-5-6-21-9-10)14(18)11-3-4-13(17(19)20)12(15)7-11/h3-4,7,10H,2,5-6,8-9H2,1H3. The van der Waals surface area contributed by atoms with Crippen molar-refractivity contribution in [1.82, 2.24) is 4.90 Å². The molecule has 0 radical (unpaired) electrons. The highest BCUT2D eigenvalue weighted by Gasteiger charge is 2.24. The molecule has 21 heavy (non-hydrogen) atoms. The van der Waals surface area contributed by atoms with Crippen molar-refractivity contribution in [1.29, 1.82) is 0 Å². The number of nitro groups is 1. The van der Waals surface area contributed by atoms with Crippen molar-refractivity contribution in [2.45, 2.75) is 13.3 Å². The minimum atomic E-state index is -0.994. The van der Waals surface area contributed by atoms with Crippen molar-refractivity contribution in [3.63, 3.8) is 0 Å². The molecule has 0 spiro atoms.